The summed E-state index contributed by atoms with van der Waals surface area (Å²) in [7, 11) is 0. The van der Waals surface area contributed by atoms with E-state index in [1.165, 1.54) is 16.5 Å². The zero-order valence-corrected chi connectivity index (χ0v) is 16.4. The summed E-state index contributed by atoms with van der Waals surface area (Å²) >= 11 is 6.10. The van der Waals surface area contributed by atoms with Gasteiger partial charge in [0.05, 0.1) is 16.6 Å². The molecule has 2 N–H and O–H groups in total. The molecule has 0 bridgehead atoms. The number of carbonyl (C=O) groups excluding carboxylic acids is 2. The van der Waals surface area contributed by atoms with E-state index in [0.29, 0.717) is 23.8 Å². The van der Waals surface area contributed by atoms with Crippen molar-refractivity contribution in [1.82, 2.24) is 9.88 Å². The number of H-pyrrole nitrogens is 1. The minimum Gasteiger partial charge on any atom is -0.361 e. The number of fused-ring (bicyclic) bond motifs is 1. The molecule has 28 heavy (non-hydrogen) atoms. The number of aromatic amines is 1. The van der Waals surface area contributed by atoms with Crippen molar-refractivity contribution < 1.29 is 9.59 Å². The molecule has 2 aromatic carbocycles. The number of halogens is 1. The van der Waals surface area contributed by atoms with Crippen LogP contribution in [0.5, 0.6) is 0 Å². The van der Waals surface area contributed by atoms with Gasteiger partial charge in [-0.2, -0.15) is 0 Å². The van der Waals surface area contributed by atoms with E-state index in [2.05, 4.69) is 35.4 Å². The number of nitrogens with zero attached hydrogens (tertiary/aromatic N) is 1. The molecule has 1 saturated heterocycles. The predicted molar refractivity (Wildman–Crippen MR) is 112 cm³/mol. The normalized spacial score (nSPS) is 16.7. The van der Waals surface area contributed by atoms with Gasteiger partial charge in [-0.15, -0.1) is 0 Å². The van der Waals surface area contributed by atoms with Crippen LogP contribution < -0.4 is 5.32 Å². The van der Waals surface area contributed by atoms with Gasteiger partial charge in [-0.1, -0.05) is 35.4 Å². The maximum Gasteiger partial charge on any atom is 0.229 e. The molecule has 1 aliphatic rings. The lowest BCUT2D eigenvalue weighted by Crippen LogP contribution is -2.30. The van der Waals surface area contributed by atoms with Crippen molar-refractivity contribution in [3.8, 4) is 0 Å². The Balaban J connectivity index is 1.38. The van der Waals surface area contributed by atoms with Crippen LogP contribution in [0.1, 0.15) is 17.5 Å². The Morgan fingerprint density at radius 3 is 2.93 bits per heavy atom. The SMILES string of the molecule is Cc1ccc2[nH]cc(CCN3C[C@H](C(=O)Nc4ccccc4Cl)CC3=O)c2c1. The number of anilines is 1. The van der Waals surface area contributed by atoms with E-state index in [0.717, 1.165) is 11.9 Å². The van der Waals surface area contributed by atoms with Gasteiger partial charge in [0.2, 0.25) is 11.8 Å². The first-order valence-electron chi connectivity index (χ1n) is 9.41. The van der Waals surface area contributed by atoms with Crippen molar-refractivity contribution in [2.24, 2.45) is 5.92 Å². The highest BCUT2D eigenvalue weighted by Gasteiger charge is 2.34. The molecule has 0 radical (unpaired) electrons. The van der Waals surface area contributed by atoms with Crippen molar-refractivity contribution in [2.45, 2.75) is 19.8 Å². The van der Waals surface area contributed by atoms with E-state index < -0.39 is 0 Å². The second kappa shape index (κ2) is 7.68. The Morgan fingerprint density at radius 2 is 2.11 bits per heavy atom. The minimum absolute atomic E-state index is 0.0235. The van der Waals surface area contributed by atoms with Crippen LogP contribution in [-0.2, 0) is 16.0 Å². The van der Waals surface area contributed by atoms with Crippen LogP contribution >= 0.6 is 11.6 Å². The Labute approximate surface area is 168 Å². The highest BCUT2D eigenvalue weighted by Crippen LogP contribution is 2.25. The van der Waals surface area contributed by atoms with Crippen molar-refractivity contribution in [3.63, 3.8) is 0 Å². The summed E-state index contributed by atoms with van der Waals surface area (Å²) in [5.41, 5.74) is 4.08. The Kier molecular flexibility index (Phi) is 5.09. The van der Waals surface area contributed by atoms with E-state index in [1.54, 1.807) is 17.0 Å². The van der Waals surface area contributed by atoms with Gasteiger partial charge < -0.3 is 15.2 Å². The van der Waals surface area contributed by atoms with Crippen LogP contribution in [-0.4, -0.2) is 34.8 Å². The topological polar surface area (TPSA) is 65.2 Å². The lowest BCUT2D eigenvalue weighted by molar-refractivity contribution is -0.128. The second-order valence-electron chi connectivity index (χ2n) is 7.32. The molecule has 6 heteroatoms. The molecular formula is C22H22ClN3O2. The summed E-state index contributed by atoms with van der Waals surface area (Å²) in [6.45, 7) is 3.12. The number of likely N-dealkylation sites (tertiary alicyclic amines) is 1. The second-order valence-corrected chi connectivity index (χ2v) is 7.73. The van der Waals surface area contributed by atoms with Crippen LogP contribution in [0.15, 0.2) is 48.7 Å². The fourth-order valence-corrected chi connectivity index (χ4v) is 3.90. The van der Waals surface area contributed by atoms with E-state index >= 15 is 0 Å². The van der Waals surface area contributed by atoms with Gasteiger partial charge in [-0.25, -0.2) is 0 Å². The molecule has 1 aliphatic heterocycles. The van der Waals surface area contributed by atoms with Gasteiger partial charge in [0.1, 0.15) is 0 Å². The van der Waals surface area contributed by atoms with Gasteiger partial charge in [-0.3, -0.25) is 9.59 Å². The third-order valence-corrected chi connectivity index (χ3v) is 5.62. The molecule has 5 nitrogen and oxygen atoms in total. The molecule has 1 atom stereocenters. The molecule has 0 unspecified atom stereocenters. The maximum absolute atomic E-state index is 12.5. The number of aromatic nitrogens is 1. The van der Waals surface area contributed by atoms with Crippen LogP contribution in [0.2, 0.25) is 5.02 Å². The Hall–Kier alpha value is -2.79. The van der Waals surface area contributed by atoms with E-state index in [4.69, 9.17) is 11.6 Å². The highest BCUT2D eigenvalue weighted by atomic mass is 35.5. The number of amides is 2. The van der Waals surface area contributed by atoms with E-state index in [1.807, 2.05) is 18.3 Å². The number of rotatable bonds is 5. The largest absolute Gasteiger partial charge is 0.361 e. The van der Waals surface area contributed by atoms with Crippen molar-refractivity contribution in [3.05, 3.63) is 64.8 Å². The molecule has 0 spiro atoms. The standard InChI is InChI=1S/C22H22ClN3O2/c1-14-6-7-19-17(10-14)15(12-24-19)8-9-26-13-16(11-21(26)27)22(28)25-20-5-3-2-4-18(20)23/h2-7,10,12,16,24H,8-9,11,13H2,1H3,(H,25,28)/t16-/m1/s1. The molecule has 3 aromatic rings. The Bertz CT molecular complexity index is 1040. The summed E-state index contributed by atoms with van der Waals surface area (Å²) < 4.78 is 0. The highest BCUT2D eigenvalue weighted by molar-refractivity contribution is 6.33. The number of hydrogen-bond donors (Lipinski definition) is 2. The lowest BCUT2D eigenvalue weighted by atomic mass is 10.1. The van der Waals surface area contributed by atoms with Crippen LogP contribution in [0.25, 0.3) is 10.9 Å². The first-order valence-corrected chi connectivity index (χ1v) is 9.79. The molecule has 144 valence electrons. The van der Waals surface area contributed by atoms with E-state index in [9.17, 15) is 9.59 Å². The molecule has 2 amide bonds. The van der Waals surface area contributed by atoms with E-state index in [-0.39, 0.29) is 24.2 Å². The van der Waals surface area contributed by atoms with Gasteiger partial charge >= 0.3 is 0 Å². The first-order chi connectivity index (χ1) is 13.5. The average molecular weight is 396 g/mol. The monoisotopic (exact) mass is 395 g/mol. The third-order valence-electron chi connectivity index (χ3n) is 5.29. The number of hydrogen-bond acceptors (Lipinski definition) is 2. The zero-order valence-electron chi connectivity index (χ0n) is 15.7. The van der Waals surface area contributed by atoms with Crippen LogP contribution in [0, 0.1) is 12.8 Å². The fourth-order valence-electron chi connectivity index (χ4n) is 3.72. The van der Waals surface area contributed by atoms with Crippen LogP contribution in [0.4, 0.5) is 5.69 Å². The lowest BCUT2D eigenvalue weighted by Gasteiger charge is -2.16. The molecule has 2 heterocycles. The minimum atomic E-state index is -0.353. The van der Waals surface area contributed by atoms with Gasteiger partial charge in [0.15, 0.2) is 0 Å². The number of benzene rings is 2. The van der Waals surface area contributed by atoms with Gasteiger partial charge in [-0.05, 0) is 43.2 Å². The number of carbonyl (C=O) groups is 2. The van der Waals surface area contributed by atoms with Crippen molar-refractivity contribution >= 4 is 40.0 Å². The number of aryl methyl sites for hydroxylation is 1. The molecular weight excluding hydrogens is 374 g/mol. The molecule has 0 aliphatic carbocycles. The van der Waals surface area contributed by atoms with Crippen molar-refractivity contribution in [1.29, 1.82) is 0 Å². The molecule has 1 aromatic heterocycles. The maximum atomic E-state index is 12.5. The van der Waals surface area contributed by atoms with Crippen LogP contribution in [0.3, 0.4) is 0 Å². The molecule has 1 fully saturated rings. The molecule has 0 saturated carbocycles. The quantitative estimate of drug-likeness (QED) is 0.681. The average Bonchev–Trinajstić information content (AvgIpc) is 3.25. The van der Waals surface area contributed by atoms with Crippen molar-refractivity contribution in [2.75, 3.05) is 18.4 Å². The first kappa shape index (κ1) is 18.6. The summed E-state index contributed by atoms with van der Waals surface area (Å²) in [6.07, 6.45) is 3.00. The summed E-state index contributed by atoms with van der Waals surface area (Å²) in [4.78, 5) is 30.0. The summed E-state index contributed by atoms with van der Waals surface area (Å²) in [6, 6.07) is 13.4. The fraction of sp³-hybridized carbons (Fsp3) is 0.273. The van der Waals surface area contributed by atoms with Gasteiger partial charge in [0.25, 0.3) is 0 Å². The summed E-state index contributed by atoms with van der Waals surface area (Å²) in [5, 5.41) is 4.52. The molecule has 4 rings (SSSR count). The number of para-hydroxylation sites is 1. The van der Waals surface area contributed by atoms with Gasteiger partial charge in [0, 0.05) is 36.6 Å². The third kappa shape index (κ3) is 3.76. The predicted octanol–water partition coefficient (Wildman–Crippen LogP) is 4.16. The summed E-state index contributed by atoms with van der Waals surface area (Å²) in [5.74, 6) is -0.490. The zero-order chi connectivity index (χ0) is 19.7. The number of nitrogens with one attached hydrogen (secondary N) is 2. The Morgan fingerprint density at radius 1 is 1.29 bits per heavy atom. The smallest absolute Gasteiger partial charge is 0.229 e.